The van der Waals surface area contributed by atoms with Crippen LogP contribution in [0.5, 0.6) is 0 Å². The molecule has 0 atom stereocenters. The minimum atomic E-state index is -0.794. The number of nitrogens with zero attached hydrogens (tertiary/aromatic N) is 2. The van der Waals surface area contributed by atoms with E-state index in [1.807, 2.05) is 0 Å². The van der Waals surface area contributed by atoms with E-state index in [-0.39, 0.29) is 13.2 Å². The summed E-state index contributed by atoms with van der Waals surface area (Å²) in [4.78, 5) is 72.6. The first-order valence-electron chi connectivity index (χ1n) is 10.5. The van der Waals surface area contributed by atoms with E-state index >= 15 is 0 Å². The lowest BCUT2D eigenvalue weighted by Gasteiger charge is -2.14. The zero-order valence-corrected chi connectivity index (χ0v) is 18.5. The Hall–Kier alpha value is -5.26. The molecule has 2 N–H and O–H groups in total. The second kappa shape index (κ2) is 10.3. The summed E-state index contributed by atoms with van der Waals surface area (Å²) in [5.41, 5.74) is 1.45. The third-order valence-corrected chi connectivity index (χ3v) is 4.91. The maximum Gasteiger partial charge on any atom is 0.411 e. The van der Waals surface area contributed by atoms with Gasteiger partial charge in [-0.3, -0.25) is 29.8 Å². The van der Waals surface area contributed by atoms with Crippen molar-refractivity contribution in [2.75, 3.05) is 33.6 Å². The third kappa shape index (κ3) is 5.44. The van der Waals surface area contributed by atoms with Gasteiger partial charge in [-0.1, -0.05) is 0 Å². The van der Waals surface area contributed by atoms with E-state index < -0.39 is 35.8 Å². The molecule has 36 heavy (non-hydrogen) atoms. The number of imide groups is 2. The van der Waals surface area contributed by atoms with Crippen molar-refractivity contribution in [3.8, 4) is 0 Å². The van der Waals surface area contributed by atoms with Gasteiger partial charge >= 0.3 is 12.2 Å². The second-order valence-electron chi connectivity index (χ2n) is 7.31. The molecule has 0 saturated carbocycles. The molecule has 2 aliphatic rings. The molecule has 2 aliphatic heterocycles. The molecule has 0 aliphatic carbocycles. The summed E-state index contributed by atoms with van der Waals surface area (Å²) in [6.45, 7) is -0.435. The predicted octanol–water partition coefficient (Wildman–Crippen LogP) is 2.34. The standard InChI is InChI=1S/C24H18N4O8/c29-19-9-10-20(30)27(19)17-5-1-15(2-6-17)25-23(33)35-13-14-36-24(34)26-16-3-7-18(8-4-16)28-21(31)11-12-22(28)32/h1-12H,13-14H2,(H,25,33)(H,26,34). The first kappa shape index (κ1) is 23.9. The van der Waals surface area contributed by atoms with E-state index in [2.05, 4.69) is 10.6 Å². The molecule has 0 bridgehead atoms. The van der Waals surface area contributed by atoms with Gasteiger partial charge in [-0.25, -0.2) is 19.4 Å². The average molecular weight is 490 g/mol. The lowest BCUT2D eigenvalue weighted by molar-refractivity contribution is -0.121. The highest BCUT2D eigenvalue weighted by atomic mass is 16.6. The number of amides is 6. The normalized spacial score (nSPS) is 14.4. The van der Waals surface area contributed by atoms with Crippen molar-refractivity contribution in [3.05, 3.63) is 72.8 Å². The zero-order chi connectivity index (χ0) is 25.7. The van der Waals surface area contributed by atoms with Gasteiger partial charge in [-0.2, -0.15) is 0 Å². The summed E-state index contributed by atoms with van der Waals surface area (Å²) >= 11 is 0. The van der Waals surface area contributed by atoms with E-state index in [4.69, 9.17) is 9.47 Å². The first-order valence-corrected chi connectivity index (χ1v) is 10.5. The molecule has 4 rings (SSSR count). The van der Waals surface area contributed by atoms with Crippen molar-refractivity contribution in [1.29, 1.82) is 0 Å². The number of carbonyl (C=O) groups excluding carboxylic acids is 6. The van der Waals surface area contributed by atoms with E-state index in [0.29, 0.717) is 22.7 Å². The Morgan fingerprint density at radius 1 is 0.556 bits per heavy atom. The lowest BCUT2D eigenvalue weighted by atomic mass is 10.2. The number of hydrogen-bond acceptors (Lipinski definition) is 8. The van der Waals surface area contributed by atoms with Crippen LogP contribution in [0.3, 0.4) is 0 Å². The minimum Gasteiger partial charge on any atom is -0.446 e. The monoisotopic (exact) mass is 490 g/mol. The quantitative estimate of drug-likeness (QED) is 0.443. The van der Waals surface area contributed by atoms with Crippen LogP contribution in [0.1, 0.15) is 0 Å². The van der Waals surface area contributed by atoms with Crippen molar-refractivity contribution in [2.24, 2.45) is 0 Å². The Labute approximate surface area is 203 Å². The highest BCUT2D eigenvalue weighted by Crippen LogP contribution is 2.22. The first-order chi connectivity index (χ1) is 17.3. The van der Waals surface area contributed by atoms with Crippen LogP contribution in [-0.4, -0.2) is 49.0 Å². The largest absolute Gasteiger partial charge is 0.446 e. The molecule has 0 saturated heterocycles. The molecule has 0 spiro atoms. The third-order valence-electron chi connectivity index (χ3n) is 4.91. The average Bonchev–Trinajstić information content (AvgIpc) is 3.37. The van der Waals surface area contributed by atoms with E-state index in [9.17, 15) is 28.8 Å². The van der Waals surface area contributed by atoms with Crippen LogP contribution < -0.4 is 20.4 Å². The van der Waals surface area contributed by atoms with Crippen LogP contribution in [0.2, 0.25) is 0 Å². The highest BCUT2D eigenvalue weighted by Gasteiger charge is 2.25. The summed E-state index contributed by atoms with van der Waals surface area (Å²) in [7, 11) is 0. The van der Waals surface area contributed by atoms with Crippen LogP contribution in [-0.2, 0) is 28.7 Å². The highest BCUT2D eigenvalue weighted by molar-refractivity contribution is 6.28. The smallest absolute Gasteiger partial charge is 0.411 e. The van der Waals surface area contributed by atoms with Crippen LogP contribution in [0, 0.1) is 0 Å². The van der Waals surface area contributed by atoms with Gasteiger partial charge in [0, 0.05) is 35.7 Å². The molecular formula is C24H18N4O8. The van der Waals surface area contributed by atoms with Crippen LogP contribution in [0.15, 0.2) is 72.8 Å². The van der Waals surface area contributed by atoms with Crippen LogP contribution in [0.25, 0.3) is 0 Å². The summed E-state index contributed by atoms with van der Waals surface area (Å²) in [6, 6.07) is 12.0. The van der Waals surface area contributed by atoms with Gasteiger partial charge in [0.15, 0.2) is 0 Å². The van der Waals surface area contributed by atoms with Gasteiger partial charge in [0.05, 0.1) is 11.4 Å². The van der Waals surface area contributed by atoms with Crippen molar-refractivity contribution in [2.45, 2.75) is 0 Å². The Bertz CT molecular complexity index is 1160. The molecule has 2 aromatic rings. The van der Waals surface area contributed by atoms with Crippen molar-refractivity contribution in [3.63, 3.8) is 0 Å². The van der Waals surface area contributed by atoms with E-state index in [1.54, 1.807) is 0 Å². The van der Waals surface area contributed by atoms with E-state index in [1.165, 1.54) is 72.8 Å². The molecule has 6 amide bonds. The molecule has 0 unspecified atom stereocenters. The summed E-state index contributed by atoms with van der Waals surface area (Å²) in [5.74, 6) is -1.80. The van der Waals surface area contributed by atoms with Crippen molar-refractivity contribution < 1.29 is 38.2 Å². The summed E-state index contributed by atoms with van der Waals surface area (Å²) < 4.78 is 9.89. The maximum absolute atomic E-state index is 11.9. The Morgan fingerprint density at radius 2 is 0.861 bits per heavy atom. The number of nitrogens with one attached hydrogen (secondary N) is 2. The maximum atomic E-state index is 11.9. The van der Waals surface area contributed by atoms with Gasteiger partial charge in [0.25, 0.3) is 23.6 Å². The Balaban J connectivity index is 1.16. The number of rotatable bonds is 7. The number of anilines is 4. The van der Waals surface area contributed by atoms with Crippen LogP contribution >= 0.6 is 0 Å². The number of ether oxygens (including phenoxy) is 2. The lowest BCUT2D eigenvalue weighted by Crippen LogP contribution is -2.29. The van der Waals surface area contributed by atoms with Crippen molar-refractivity contribution >= 4 is 58.6 Å². The summed E-state index contributed by atoms with van der Waals surface area (Å²) in [5, 5.41) is 4.93. The minimum absolute atomic E-state index is 0.217. The summed E-state index contributed by atoms with van der Waals surface area (Å²) in [6.07, 6.45) is 3.09. The molecule has 182 valence electrons. The van der Waals surface area contributed by atoms with Gasteiger partial charge in [0.1, 0.15) is 13.2 Å². The molecule has 2 heterocycles. The molecule has 12 heteroatoms. The molecule has 0 fully saturated rings. The zero-order valence-electron chi connectivity index (χ0n) is 18.5. The van der Waals surface area contributed by atoms with Gasteiger partial charge < -0.3 is 9.47 Å². The number of hydrogen-bond donors (Lipinski definition) is 2. The molecule has 0 aromatic heterocycles. The second-order valence-corrected chi connectivity index (χ2v) is 7.31. The van der Waals surface area contributed by atoms with Gasteiger partial charge in [-0.15, -0.1) is 0 Å². The fourth-order valence-corrected chi connectivity index (χ4v) is 3.27. The Kier molecular flexibility index (Phi) is 6.86. The SMILES string of the molecule is O=C(Nc1ccc(N2C(=O)C=CC2=O)cc1)OCCOC(=O)Nc1ccc(N2C(=O)C=CC2=O)cc1. The molecular weight excluding hydrogens is 472 g/mol. The van der Waals surface area contributed by atoms with E-state index in [0.717, 1.165) is 9.80 Å². The topological polar surface area (TPSA) is 151 Å². The Morgan fingerprint density at radius 3 is 1.17 bits per heavy atom. The van der Waals surface area contributed by atoms with Gasteiger partial charge in [0.2, 0.25) is 0 Å². The predicted molar refractivity (Wildman–Crippen MR) is 126 cm³/mol. The fraction of sp³-hybridized carbons (Fsp3) is 0.0833. The van der Waals surface area contributed by atoms with Gasteiger partial charge in [-0.05, 0) is 48.5 Å². The number of benzene rings is 2. The molecule has 2 aromatic carbocycles. The van der Waals surface area contributed by atoms with Crippen LogP contribution in [0.4, 0.5) is 32.3 Å². The van der Waals surface area contributed by atoms with Crippen molar-refractivity contribution in [1.82, 2.24) is 0 Å². The molecule has 0 radical (unpaired) electrons. The fourth-order valence-electron chi connectivity index (χ4n) is 3.27. The molecule has 12 nitrogen and oxygen atoms in total. The number of carbonyl (C=O) groups is 6.